The van der Waals surface area contributed by atoms with Crippen molar-refractivity contribution in [2.24, 2.45) is 0 Å². The van der Waals surface area contributed by atoms with E-state index in [2.05, 4.69) is 276 Å². The number of benzene rings is 9. The first-order valence-corrected chi connectivity index (χ1v) is 37.8. The molecule has 4 heteroatoms. The number of nitrogens with zero attached hydrogens (tertiary/aromatic N) is 2. The molecule has 478 valence electrons. The highest BCUT2D eigenvalue weighted by Gasteiger charge is 2.48. The number of para-hydroxylation sites is 2. The van der Waals surface area contributed by atoms with Crippen LogP contribution in [0.25, 0.3) is 44.5 Å². The molecule has 0 spiro atoms. The summed E-state index contributed by atoms with van der Waals surface area (Å²) in [7, 11) is 0. The van der Waals surface area contributed by atoms with Gasteiger partial charge in [-0.3, -0.25) is 0 Å². The number of anilines is 6. The van der Waals surface area contributed by atoms with Gasteiger partial charge in [-0.2, -0.15) is 0 Å². The summed E-state index contributed by atoms with van der Waals surface area (Å²) in [6.45, 7) is 9.41. The Bertz CT molecular complexity index is 3470. The van der Waals surface area contributed by atoms with Crippen LogP contribution in [0.3, 0.4) is 0 Å². The summed E-state index contributed by atoms with van der Waals surface area (Å²) in [6, 6.07) is 79.5. The summed E-state index contributed by atoms with van der Waals surface area (Å²) < 4.78 is 2.17. The predicted molar refractivity (Wildman–Crippen MR) is 406 cm³/mol. The Morgan fingerprint density at radius 1 is 0.250 bits per heavy atom. The van der Waals surface area contributed by atoms with Crippen LogP contribution in [-0.2, 0) is 10.8 Å². The van der Waals surface area contributed by atoms with Gasteiger partial charge in [0, 0.05) is 53.7 Å². The number of unbranched alkanes of at least 4 members (excludes halogenated alkanes) is 20. The van der Waals surface area contributed by atoms with Gasteiger partial charge in [0.05, 0.1) is 11.4 Å². The summed E-state index contributed by atoms with van der Waals surface area (Å²) in [5.41, 5.74) is 24.0. The van der Waals surface area contributed by atoms with E-state index in [-0.39, 0.29) is 10.8 Å². The van der Waals surface area contributed by atoms with Crippen molar-refractivity contribution in [3.8, 4) is 44.5 Å². The number of rotatable bonds is 36. The summed E-state index contributed by atoms with van der Waals surface area (Å²) in [5, 5.41) is 0. The molecule has 0 atom stereocenters. The summed E-state index contributed by atoms with van der Waals surface area (Å²) in [6.07, 6.45) is 35.5. The first-order valence-electron chi connectivity index (χ1n) is 36.2. The first kappa shape index (κ1) is 67.0. The van der Waals surface area contributed by atoms with Crippen molar-refractivity contribution in [3.63, 3.8) is 0 Å². The molecule has 0 N–H and O–H groups in total. The fourth-order valence-corrected chi connectivity index (χ4v) is 16.5. The van der Waals surface area contributed by atoms with Crippen LogP contribution in [0.4, 0.5) is 34.1 Å². The molecule has 0 fully saturated rings. The SMILES string of the molecule is CCCCCCCCC1(CCCCCCCC)c2cc(N(c3ccc(Br)cc3)c3ccccc3-c3ccccc3)ccc2-c2cc3c(cc21)-c1ccc(N(c2ccc(Br)cc2)c2ccccc2-c2ccccc2)cc1C3(CCCCCCCC)CCCCCCCC. The van der Waals surface area contributed by atoms with Crippen LogP contribution < -0.4 is 9.80 Å². The minimum Gasteiger partial charge on any atom is -0.310 e. The van der Waals surface area contributed by atoms with Gasteiger partial charge in [-0.05, 0) is 178 Å². The lowest BCUT2D eigenvalue weighted by Gasteiger charge is -2.36. The molecule has 9 aromatic carbocycles. The number of hydrogen-bond acceptors (Lipinski definition) is 2. The minimum atomic E-state index is -0.154. The maximum absolute atomic E-state index is 3.83. The zero-order chi connectivity index (χ0) is 63.5. The van der Waals surface area contributed by atoms with E-state index in [0.717, 1.165) is 46.0 Å². The Kier molecular flexibility index (Phi) is 24.1. The van der Waals surface area contributed by atoms with Crippen molar-refractivity contribution < 1.29 is 0 Å². The standard InChI is InChI=1S/C88H102Br2N2/c1-5-9-13-17-21-35-59-87(60-36-22-18-14-10-6-2)81-63-73(91(71-51-47-69(89)48-52-71)85-45-33-31-43-75(85)67-39-27-25-28-40-67)55-57-77(81)79-66-84-80(65-83(79)87)78-58-56-74(64-82(78)88(84,61-37-23-19-15-11-7-3)62-38-24-20-16-12-8-4)92(72-53-49-70(90)50-54-72)86-46-34-32-44-76(86)68-41-29-26-30-42-68/h25-34,39-58,63-66H,5-24,35-38,59-62H2,1-4H3. The van der Waals surface area contributed by atoms with Crippen LogP contribution in [0.15, 0.2) is 215 Å². The van der Waals surface area contributed by atoms with E-state index in [1.54, 1.807) is 22.3 Å². The second kappa shape index (κ2) is 33.1. The van der Waals surface area contributed by atoms with Gasteiger partial charge in [-0.25, -0.2) is 0 Å². The maximum Gasteiger partial charge on any atom is 0.0540 e. The molecule has 0 saturated heterocycles. The van der Waals surface area contributed by atoms with Crippen LogP contribution in [0, 0.1) is 0 Å². The average molecular weight is 1350 g/mol. The predicted octanol–water partition coefficient (Wildman–Crippen LogP) is 29.0. The van der Waals surface area contributed by atoms with E-state index in [9.17, 15) is 0 Å². The van der Waals surface area contributed by atoms with Gasteiger partial charge in [0.2, 0.25) is 0 Å². The van der Waals surface area contributed by atoms with Gasteiger partial charge < -0.3 is 9.80 Å². The summed E-state index contributed by atoms with van der Waals surface area (Å²) >= 11 is 7.66. The van der Waals surface area contributed by atoms with Crippen molar-refractivity contribution in [2.75, 3.05) is 9.80 Å². The highest BCUT2D eigenvalue weighted by Crippen LogP contribution is 2.62. The molecule has 2 nitrogen and oxygen atoms in total. The average Bonchev–Trinajstić information content (AvgIpc) is 1.53. The Balaban J connectivity index is 1.14. The van der Waals surface area contributed by atoms with Crippen molar-refractivity contribution in [3.05, 3.63) is 237 Å². The van der Waals surface area contributed by atoms with E-state index in [1.165, 1.54) is 221 Å². The largest absolute Gasteiger partial charge is 0.310 e. The van der Waals surface area contributed by atoms with Gasteiger partial charge in [0.15, 0.2) is 0 Å². The lowest BCUT2D eigenvalue weighted by Crippen LogP contribution is -2.27. The summed E-state index contributed by atoms with van der Waals surface area (Å²) in [4.78, 5) is 5.13. The number of halogens is 2. The lowest BCUT2D eigenvalue weighted by molar-refractivity contribution is 0.394. The molecule has 11 rings (SSSR count). The molecule has 92 heavy (non-hydrogen) atoms. The smallest absolute Gasteiger partial charge is 0.0540 e. The molecule has 0 unspecified atom stereocenters. The fourth-order valence-electron chi connectivity index (χ4n) is 16.0. The summed E-state index contributed by atoms with van der Waals surface area (Å²) in [5.74, 6) is 0. The van der Waals surface area contributed by atoms with Crippen LogP contribution >= 0.6 is 31.9 Å². The topological polar surface area (TPSA) is 6.48 Å². The minimum absolute atomic E-state index is 0.154. The van der Waals surface area contributed by atoms with Gasteiger partial charge in [-0.15, -0.1) is 0 Å². The highest BCUT2D eigenvalue weighted by molar-refractivity contribution is 9.10. The molecular formula is C88H102Br2N2. The molecule has 0 aliphatic heterocycles. The quantitative estimate of drug-likeness (QED) is 0.0361. The fraction of sp³-hybridized carbons (Fsp3) is 0.386. The second-order valence-corrected chi connectivity index (χ2v) is 28.9. The molecule has 0 radical (unpaired) electrons. The zero-order valence-corrected chi connectivity index (χ0v) is 59.3. The van der Waals surface area contributed by atoms with Crippen molar-refractivity contribution in [2.45, 2.75) is 218 Å². The van der Waals surface area contributed by atoms with E-state index in [0.29, 0.717) is 0 Å². The Labute approximate surface area is 572 Å². The molecular weight excluding hydrogens is 1240 g/mol. The lowest BCUT2D eigenvalue weighted by atomic mass is 9.68. The van der Waals surface area contributed by atoms with Crippen LogP contribution in [-0.4, -0.2) is 0 Å². The number of hydrogen-bond donors (Lipinski definition) is 0. The molecule has 2 aliphatic rings. The van der Waals surface area contributed by atoms with Gasteiger partial charge >= 0.3 is 0 Å². The van der Waals surface area contributed by atoms with Crippen molar-refractivity contribution in [1.82, 2.24) is 0 Å². The van der Waals surface area contributed by atoms with Gasteiger partial charge in [0.25, 0.3) is 0 Å². The van der Waals surface area contributed by atoms with Crippen LogP contribution in [0.5, 0.6) is 0 Å². The monoisotopic (exact) mass is 1340 g/mol. The molecule has 0 amide bonds. The van der Waals surface area contributed by atoms with E-state index in [4.69, 9.17) is 0 Å². The zero-order valence-electron chi connectivity index (χ0n) is 56.1. The number of fused-ring (bicyclic) bond motifs is 6. The molecule has 2 aliphatic carbocycles. The first-order chi connectivity index (χ1) is 45.3. The third-order valence-corrected chi connectivity index (χ3v) is 21.8. The van der Waals surface area contributed by atoms with Crippen molar-refractivity contribution in [1.29, 1.82) is 0 Å². The van der Waals surface area contributed by atoms with Crippen LogP contribution in [0.1, 0.15) is 230 Å². The Hall–Kier alpha value is -6.46. The third kappa shape index (κ3) is 15.2. The second-order valence-electron chi connectivity index (χ2n) is 27.0. The van der Waals surface area contributed by atoms with Crippen LogP contribution in [0.2, 0.25) is 0 Å². The highest BCUT2D eigenvalue weighted by atomic mass is 79.9. The Morgan fingerprint density at radius 2 is 0.533 bits per heavy atom. The Morgan fingerprint density at radius 3 is 0.870 bits per heavy atom. The molecule has 0 aromatic heterocycles. The molecule has 0 saturated carbocycles. The maximum atomic E-state index is 3.83. The van der Waals surface area contributed by atoms with Crippen molar-refractivity contribution >= 4 is 66.0 Å². The molecule has 0 bridgehead atoms. The van der Waals surface area contributed by atoms with E-state index >= 15 is 0 Å². The van der Waals surface area contributed by atoms with E-state index < -0.39 is 0 Å². The van der Waals surface area contributed by atoms with Gasteiger partial charge in [-0.1, -0.05) is 323 Å². The molecule has 0 heterocycles. The van der Waals surface area contributed by atoms with Gasteiger partial charge in [0.1, 0.15) is 0 Å². The van der Waals surface area contributed by atoms with E-state index in [1.807, 2.05) is 0 Å². The molecule has 9 aromatic rings. The normalized spacial score (nSPS) is 13.2. The third-order valence-electron chi connectivity index (χ3n) is 20.8.